The van der Waals surface area contributed by atoms with Gasteiger partial charge in [-0.25, -0.2) is 4.98 Å². The maximum absolute atomic E-state index is 13.0. The molecule has 4 rings (SSSR count). The maximum atomic E-state index is 13.0. The summed E-state index contributed by atoms with van der Waals surface area (Å²) in [6.45, 7) is 0.350. The Morgan fingerprint density at radius 2 is 1.64 bits per heavy atom. The number of ether oxygens (including phenoxy) is 3. The number of carbonyl (C=O) groups is 2. The molecule has 8 heteroatoms. The predicted octanol–water partition coefficient (Wildman–Crippen LogP) is 5.06. The minimum absolute atomic E-state index is 0.136. The molecule has 1 N–H and O–H groups in total. The standard InChI is InChI=1S/C28H25NO7/c1-33-23-11-7-6-10-21(23)26(30)22(28(31)32)15-20-17-36-27(29-20)19-12-13-24(34-2)25(14-19)35-16-18-8-4-3-5-9-18/h3-14,17,22H,15-16H2,1-2H3,(H,31,32). The summed E-state index contributed by atoms with van der Waals surface area (Å²) in [6.07, 6.45) is 1.22. The molecule has 184 valence electrons. The molecule has 0 aliphatic heterocycles. The summed E-state index contributed by atoms with van der Waals surface area (Å²) in [5.74, 6) is -1.52. The summed E-state index contributed by atoms with van der Waals surface area (Å²) in [4.78, 5) is 29.4. The van der Waals surface area contributed by atoms with Gasteiger partial charge >= 0.3 is 5.97 Å². The highest BCUT2D eigenvalue weighted by molar-refractivity contribution is 6.09. The van der Waals surface area contributed by atoms with E-state index in [1.54, 1.807) is 49.6 Å². The van der Waals surface area contributed by atoms with Crippen LogP contribution >= 0.6 is 0 Å². The van der Waals surface area contributed by atoms with Gasteiger partial charge in [0.15, 0.2) is 17.3 Å². The van der Waals surface area contributed by atoms with E-state index < -0.39 is 17.7 Å². The van der Waals surface area contributed by atoms with Crippen LogP contribution in [0, 0.1) is 5.92 Å². The Hall–Kier alpha value is -4.59. The average Bonchev–Trinajstić information content (AvgIpc) is 3.39. The molecule has 0 bridgehead atoms. The molecule has 8 nitrogen and oxygen atoms in total. The van der Waals surface area contributed by atoms with Crippen molar-refractivity contribution in [3.63, 3.8) is 0 Å². The Morgan fingerprint density at radius 3 is 2.36 bits per heavy atom. The number of para-hydroxylation sites is 1. The second kappa shape index (κ2) is 11.2. The maximum Gasteiger partial charge on any atom is 0.314 e. The van der Waals surface area contributed by atoms with Gasteiger partial charge in [-0.3, -0.25) is 9.59 Å². The molecule has 0 aliphatic carbocycles. The fraction of sp³-hybridized carbons (Fsp3) is 0.179. The van der Waals surface area contributed by atoms with Crippen LogP contribution in [0.3, 0.4) is 0 Å². The third-order valence-corrected chi connectivity index (χ3v) is 5.60. The lowest BCUT2D eigenvalue weighted by atomic mass is 9.93. The summed E-state index contributed by atoms with van der Waals surface area (Å²) in [5, 5.41) is 9.75. The van der Waals surface area contributed by atoms with Crippen molar-refractivity contribution in [3.05, 3.63) is 95.9 Å². The Bertz CT molecular complexity index is 1350. The van der Waals surface area contributed by atoms with E-state index in [1.165, 1.54) is 13.4 Å². The number of rotatable bonds is 11. The number of Topliss-reactive ketones (excluding diaryl/α,β-unsaturated/α-hetero) is 1. The number of aromatic nitrogens is 1. The highest BCUT2D eigenvalue weighted by atomic mass is 16.5. The number of carboxylic acid groups (broad SMARTS) is 1. The third-order valence-electron chi connectivity index (χ3n) is 5.60. The number of carboxylic acids is 1. The summed E-state index contributed by atoms with van der Waals surface area (Å²) in [7, 11) is 2.98. The SMILES string of the molecule is COc1ccc(-c2nc(CC(C(=O)O)C(=O)c3ccccc3OC)co2)cc1OCc1ccccc1. The van der Waals surface area contributed by atoms with Crippen LogP contribution < -0.4 is 14.2 Å². The quantitative estimate of drug-likeness (QED) is 0.231. The van der Waals surface area contributed by atoms with Crippen LogP contribution in [0.15, 0.2) is 83.5 Å². The molecule has 0 aliphatic rings. The normalized spacial score (nSPS) is 11.5. The smallest absolute Gasteiger partial charge is 0.314 e. The van der Waals surface area contributed by atoms with Gasteiger partial charge in [0.25, 0.3) is 0 Å². The molecule has 1 heterocycles. The Kier molecular flexibility index (Phi) is 7.65. The first kappa shape index (κ1) is 24.5. The molecular formula is C28H25NO7. The van der Waals surface area contributed by atoms with Crippen molar-refractivity contribution in [2.45, 2.75) is 13.0 Å². The van der Waals surface area contributed by atoms with Gasteiger partial charge in [0, 0.05) is 12.0 Å². The van der Waals surface area contributed by atoms with Crippen molar-refractivity contribution in [2.75, 3.05) is 14.2 Å². The van der Waals surface area contributed by atoms with Gasteiger partial charge in [-0.2, -0.15) is 0 Å². The molecule has 0 saturated heterocycles. The van der Waals surface area contributed by atoms with E-state index in [1.807, 2.05) is 30.3 Å². The number of methoxy groups -OCH3 is 2. The average molecular weight is 488 g/mol. The first-order valence-corrected chi connectivity index (χ1v) is 11.2. The van der Waals surface area contributed by atoms with Gasteiger partial charge < -0.3 is 23.7 Å². The third kappa shape index (κ3) is 5.55. The van der Waals surface area contributed by atoms with Crippen molar-refractivity contribution in [1.82, 2.24) is 4.98 Å². The van der Waals surface area contributed by atoms with Gasteiger partial charge in [-0.15, -0.1) is 0 Å². The summed E-state index contributed by atoms with van der Waals surface area (Å²) in [5.41, 5.74) is 2.16. The van der Waals surface area contributed by atoms with Crippen molar-refractivity contribution in [2.24, 2.45) is 5.92 Å². The van der Waals surface area contributed by atoms with Crippen LogP contribution in [0.1, 0.15) is 21.6 Å². The van der Waals surface area contributed by atoms with E-state index in [4.69, 9.17) is 18.6 Å². The number of oxazole rings is 1. The van der Waals surface area contributed by atoms with Crippen LogP contribution in [0.5, 0.6) is 17.2 Å². The summed E-state index contributed by atoms with van der Waals surface area (Å²) < 4.78 is 22.2. The molecule has 4 aromatic rings. The molecule has 0 saturated carbocycles. The zero-order valence-corrected chi connectivity index (χ0v) is 19.8. The largest absolute Gasteiger partial charge is 0.496 e. The summed E-state index contributed by atoms with van der Waals surface area (Å²) >= 11 is 0. The minimum Gasteiger partial charge on any atom is -0.496 e. The lowest BCUT2D eigenvalue weighted by Crippen LogP contribution is -2.26. The number of carbonyl (C=O) groups excluding carboxylic acids is 1. The van der Waals surface area contributed by atoms with Gasteiger partial charge in [0.1, 0.15) is 24.5 Å². The first-order valence-electron chi connectivity index (χ1n) is 11.2. The topological polar surface area (TPSA) is 108 Å². The second-order valence-electron chi connectivity index (χ2n) is 7.94. The van der Waals surface area contributed by atoms with Gasteiger partial charge in [0.05, 0.1) is 25.5 Å². The van der Waals surface area contributed by atoms with Gasteiger partial charge in [-0.1, -0.05) is 42.5 Å². The first-order chi connectivity index (χ1) is 17.5. The minimum atomic E-state index is -1.35. The van der Waals surface area contributed by atoms with Gasteiger partial charge in [-0.05, 0) is 35.9 Å². The molecule has 1 atom stereocenters. The van der Waals surface area contributed by atoms with Crippen LogP contribution in [-0.4, -0.2) is 36.1 Å². The summed E-state index contributed by atoms with van der Waals surface area (Å²) in [6, 6.07) is 21.5. The molecule has 1 unspecified atom stereocenters. The number of hydrogen-bond donors (Lipinski definition) is 1. The molecular weight excluding hydrogens is 462 g/mol. The van der Waals surface area contributed by atoms with E-state index in [2.05, 4.69) is 4.98 Å². The lowest BCUT2D eigenvalue weighted by Gasteiger charge is -2.12. The highest BCUT2D eigenvalue weighted by Crippen LogP contribution is 2.33. The lowest BCUT2D eigenvalue weighted by molar-refractivity contribution is -0.139. The van der Waals surface area contributed by atoms with Crippen LogP contribution in [0.25, 0.3) is 11.5 Å². The molecule has 1 aromatic heterocycles. The zero-order chi connectivity index (χ0) is 25.5. The molecule has 3 aromatic carbocycles. The molecule has 36 heavy (non-hydrogen) atoms. The Balaban J connectivity index is 1.54. The van der Waals surface area contributed by atoms with Crippen LogP contribution in [-0.2, 0) is 17.8 Å². The van der Waals surface area contributed by atoms with E-state index >= 15 is 0 Å². The number of hydrogen-bond acceptors (Lipinski definition) is 7. The number of nitrogens with zero attached hydrogens (tertiary/aromatic N) is 1. The monoisotopic (exact) mass is 487 g/mol. The fourth-order valence-corrected chi connectivity index (χ4v) is 3.73. The molecule has 0 radical (unpaired) electrons. The van der Waals surface area contributed by atoms with Gasteiger partial charge in [0.2, 0.25) is 5.89 Å². The zero-order valence-electron chi connectivity index (χ0n) is 19.8. The fourth-order valence-electron chi connectivity index (χ4n) is 3.73. The second-order valence-corrected chi connectivity index (χ2v) is 7.94. The predicted molar refractivity (Wildman–Crippen MR) is 131 cm³/mol. The van der Waals surface area contributed by atoms with Crippen molar-refractivity contribution in [1.29, 1.82) is 0 Å². The van der Waals surface area contributed by atoms with Crippen molar-refractivity contribution in [3.8, 4) is 28.7 Å². The molecule has 0 amide bonds. The van der Waals surface area contributed by atoms with E-state index in [0.717, 1.165) is 5.56 Å². The van der Waals surface area contributed by atoms with Crippen molar-refractivity contribution >= 4 is 11.8 Å². The van der Waals surface area contributed by atoms with Crippen molar-refractivity contribution < 1.29 is 33.3 Å². The Labute approximate surface area is 208 Å². The number of aliphatic carboxylic acids is 1. The Morgan fingerprint density at radius 1 is 0.917 bits per heavy atom. The highest BCUT2D eigenvalue weighted by Gasteiger charge is 2.30. The molecule has 0 spiro atoms. The molecule has 0 fully saturated rings. The number of ketones is 1. The number of benzene rings is 3. The van der Waals surface area contributed by atoms with E-state index in [9.17, 15) is 14.7 Å². The van der Waals surface area contributed by atoms with Crippen LogP contribution in [0.2, 0.25) is 0 Å². The van der Waals surface area contributed by atoms with E-state index in [0.29, 0.717) is 35.1 Å². The van der Waals surface area contributed by atoms with E-state index in [-0.39, 0.29) is 17.9 Å². The van der Waals surface area contributed by atoms with Crippen LogP contribution in [0.4, 0.5) is 0 Å².